The fourth-order valence-corrected chi connectivity index (χ4v) is 2.24. The van der Waals surface area contributed by atoms with E-state index in [9.17, 15) is 4.79 Å². The Labute approximate surface area is 98.2 Å². The molecule has 1 aliphatic rings. The van der Waals surface area contributed by atoms with E-state index in [1.54, 1.807) is 0 Å². The van der Waals surface area contributed by atoms with Gasteiger partial charge in [-0.25, -0.2) is 0 Å². The van der Waals surface area contributed by atoms with Crippen LogP contribution in [0, 0.1) is 5.92 Å². The van der Waals surface area contributed by atoms with E-state index < -0.39 is 0 Å². The van der Waals surface area contributed by atoms with E-state index >= 15 is 0 Å². The quantitative estimate of drug-likeness (QED) is 0.691. The van der Waals surface area contributed by atoms with Crippen LogP contribution in [0.1, 0.15) is 20.3 Å². The fourth-order valence-electron chi connectivity index (χ4n) is 1.99. The van der Waals surface area contributed by atoms with E-state index in [-0.39, 0.29) is 0 Å². The first kappa shape index (κ1) is 12.8. The van der Waals surface area contributed by atoms with Crippen LogP contribution in [-0.4, -0.2) is 54.2 Å². The number of carbonyl (C=O) groups is 1. The summed E-state index contributed by atoms with van der Waals surface area (Å²) in [7, 11) is 0. The number of thiol groups is 1. The zero-order valence-corrected chi connectivity index (χ0v) is 10.7. The van der Waals surface area contributed by atoms with Crippen molar-refractivity contribution in [1.82, 2.24) is 9.80 Å². The summed E-state index contributed by atoms with van der Waals surface area (Å²) in [5, 5.41) is 0. The normalized spacial score (nSPS) is 21.7. The number of likely N-dealkylation sites (N-methyl/N-ethyl adjacent to an activating group) is 1. The summed E-state index contributed by atoms with van der Waals surface area (Å²) in [5.41, 5.74) is 0. The highest BCUT2D eigenvalue weighted by molar-refractivity contribution is 7.80. The molecule has 1 unspecified atom stereocenters. The monoisotopic (exact) mass is 230 g/mol. The summed E-state index contributed by atoms with van der Waals surface area (Å²) >= 11 is 4.25. The Balaban J connectivity index is 2.30. The summed E-state index contributed by atoms with van der Waals surface area (Å²) < 4.78 is 0. The van der Waals surface area contributed by atoms with Gasteiger partial charge in [-0.15, -0.1) is 0 Å². The number of hydrogen-bond donors (Lipinski definition) is 1. The number of nitrogens with zero attached hydrogens (tertiary/aromatic N) is 2. The van der Waals surface area contributed by atoms with Crippen LogP contribution in [0.4, 0.5) is 0 Å². The largest absolute Gasteiger partial charge is 0.341 e. The molecule has 1 aliphatic heterocycles. The average Bonchev–Trinajstić information content (AvgIpc) is 2.61. The maximum absolute atomic E-state index is 11.6. The number of amides is 1. The zero-order valence-electron chi connectivity index (χ0n) is 9.78. The van der Waals surface area contributed by atoms with E-state index in [2.05, 4.69) is 31.4 Å². The average molecular weight is 230 g/mol. The Bertz CT molecular complexity index is 207. The second-order valence-corrected chi connectivity index (χ2v) is 4.48. The van der Waals surface area contributed by atoms with E-state index in [1.807, 2.05) is 4.90 Å². The van der Waals surface area contributed by atoms with E-state index in [0.717, 1.165) is 38.5 Å². The smallest absolute Gasteiger partial charge is 0.222 e. The second kappa shape index (κ2) is 6.38. The van der Waals surface area contributed by atoms with Gasteiger partial charge in [0, 0.05) is 26.1 Å². The van der Waals surface area contributed by atoms with E-state index in [1.165, 1.54) is 0 Å². The van der Waals surface area contributed by atoms with Crippen molar-refractivity contribution in [3.8, 4) is 0 Å². The molecule has 0 aromatic heterocycles. The minimum atomic E-state index is 0.307. The van der Waals surface area contributed by atoms with Gasteiger partial charge in [0.1, 0.15) is 0 Å². The molecule has 4 heteroatoms. The highest BCUT2D eigenvalue weighted by Gasteiger charge is 2.28. The van der Waals surface area contributed by atoms with Crippen LogP contribution in [0.2, 0.25) is 0 Å². The standard InChI is InChI=1S/C11H22N2OS/c1-3-12(4-2)5-6-13-8-10(9-15)7-11(13)14/h10,15H,3-9H2,1-2H3. The van der Waals surface area contributed by atoms with Crippen molar-refractivity contribution in [2.75, 3.05) is 38.5 Å². The van der Waals surface area contributed by atoms with Gasteiger partial charge in [-0.3, -0.25) is 4.79 Å². The molecule has 0 saturated carbocycles. The van der Waals surface area contributed by atoms with Gasteiger partial charge >= 0.3 is 0 Å². The van der Waals surface area contributed by atoms with Crippen LogP contribution in [0.25, 0.3) is 0 Å². The summed E-state index contributed by atoms with van der Waals surface area (Å²) in [6, 6.07) is 0. The fraction of sp³-hybridized carbons (Fsp3) is 0.909. The summed E-state index contributed by atoms with van der Waals surface area (Å²) in [6.45, 7) is 9.23. The molecule has 0 spiro atoms. The molecule has 0 N–H and O–H groups in total. The van der Waals surface area contributed by atoms with Gasteiger partial charge in [0.05, 0.1) is 0 Å². The minimum absolute atomic E-state index is 0.307. The molecule has 1 rings (SSSR count). The second-order valence-electron chi connectivity index (χ2n) is 4.12. The van der Waals surface area contributed by atoms with Crippen LogP contribution in [0.3, 0.4) is 0 Å². The lowest BCUT2D eigenvalue weighted by Crippen LogP contribution is -2.36. The van der Waals surface area contributed by atoms with Crippen molar-refractivity contribution >= 4 is 18.5 Å². The first-order valence-corrected chi connectivity index (χ1v) is 6.45. The molecule has 88 valence electrons. The number of carbonyl (C=O) groups excluding carboxylic acids is 1. The lowest BCUT2D eigenvalue weighted by Gasteiger charge is -2.22. The molecule has 0 aromatic rings. The molecule has 1 heterocycles. The van der Waals surface area contributed by atoms with Gasteiger partial charge in [0.25, 0.3) is 0 Å². The SMILES string of the molecule is CCN(CC)CCN1CC(CS)CC1=O. The van der Waals surface area contributed by atoms with Crippen molar-refractivity contribution in [1.29, 1.82) is 0 Å². The third-order valence-corrected chi connectivity index (χ3v) is 3.65. The lowest BCUT2D eigenvalue weighted by molar-refractivity contribution is -0.127. The summed E-state index contributed by atoms with van der Waals surface area (Å²) in [6.07, 6.45) is 0.696. The van der Waals surface area contributed by atoms with Gasteiger partial charge in [-0.2, -0.15) is 12.6 Å². The summed E-state index contributed by atoms with van der Waals surface area (Å²) in [5.74, 6) is 1.60. The van der Waals surface area contributed by atoms with Gasteiger partial charge in [0.2, 0.25) is 5.91 Å². The molecule has 0 radical (unpaired) electrons. The maximum Gasteiger partial charge on any atom is 0.222 e. The number of rotatable bonds is 6. The molecular formula is C11H22N2OS. The Hall–Kier alpha value is -0.220. The van der Waals surface area contributed by atoms with Crippen molar-refractivity contribution in [2.45, 2.75) is 20.3 Å². The number of hydrogen-bond acceptors (Lipinski definition) is 3. The first-order valence-electron chi connectivity index (χ1n) is 5.82. The van der Waals surface area contributed by atoms with Crippen molar-refractivity contribution in [3.05, 3.63) is 0 Å². The van der Waals surface area contributed by atoms with Gasteiger partial charge in [-0.1, -0.05) is 13.8 Å². The topological polar surface area (TPSA) is 23.6 Å². The van der Waals surface area contributed by atoms with Crippen LogP contribution in [0.5, 0.6) is 0 Å². The molecule has 1 atom stereocenters. The molecular weight excluding hydrogens is 208 g/mol. The molecule has 1 fully saturated rings. The molecule has 3 nitrogen and oxygen atoms in total. The zero-order chi connectivity index (χ0) is 11.3. The third-order valence-electron chi connectivity index (χ3n) is 3.13. The van der Waals surface area contributed by atoms with Crippen LogP contribution in [0.15, 0.2) is 0 Å². The lowest BCUT2D eigenvalue weighted by atomic mass is 10.1. The first-order chi connectivity index (χ1) is 7.21. The molecule has 0 aromatic carbocycles. The summed E-state index contributed by atoms with van der Waals surface area (Å²) in [4.78, 5) is 15.9. The van der Waals surface area contributed by atoms with E-state index in [0.29, 0.717) is 18.2 Å². The molecule has 0 bridgehead atoms. The maximum atomic E-state index is 11.6. The Morgan fingerprint density at radius 3 is 2.60 bits per heavy atom. The minimum Gasteiger partial charge on any atom is -0.341 e. The predicted octanol–water partition coefficient (Wildman–Crippen LogP) is 1.11. The van der Waals surface area contributed by atoms with E-state index in [4.69, 9.17) is 0 Å². The van der Waals surface area contributed by atoms with Crippen molar-refractivity contribution < 1.29 is 4.79 Å². The van der Waals surface area contributed by atoms with Crippen LogP contribution in [-0.2, 0) is 4.79 Å². The Kier molecular flexibility index (Phi) is 5.47. The van der Waals surface area contributed by atoms with Crippen molar-refractivity contribution in [2.24, 2.45) is 5.92 Å². The van der Waals surface area contributed by atoms with Crippen molar-refractivity contribution in [3.63, 3.8) is 0 Å². The molecule has 1 amide bonds. The van der Waals surface area contributed by atoms with Gasteiger partial charge in [0.15, 0.2) is 0 Å². The molecule has 15 heavy (non-hydrogen) atoms. The van der Waals surface area contributed by atoms with Crippen LogP contribution >= 0.6 is 12.6 Å². The molecule has 1 saturated heterocycles. The number of likely N-dealkylation sites (tertiary alicyclic amines) is 1. The highest BCUT2D eigenvalue weighted by Crippen LogP contribution is 2.18. The van der Waals surface area contributed by atoms with Gasteiger partial charge < -0.3 is 9.80 Å². The Morgan fingerprint density at radius 2 is 2.13 bits per heavy atom. The third kappa shape index (κ3) is 3.68. The molecule has 0 aliphatic carbocycles. The Morgan fingerprint density at radius 1 is 1.47 bits per heavy atom. The van der Waals surface area contributed by atoms with Crippen LogP contribution < -0.4 is 0 Å². The highest BCUT2D eigenvalue weighted by atomic mass is 32.1. The van der Waals surface area contributed by atoms with Gasteiger partial charge in [-0.05, 0) is 24.8 Å². The predicted molar refractivity (Wildman–Crippen MR) is 66.3 cm³/mol.